The van der Waals surface area contributed by atoms with Crippen LogP contribution in [0.4, 0.5) is 10.1 Å². The van der Waals surface area contributed by atoms with Gasteiger partial charge >= 0.3 is 10.2 Å². The third kappa shape index (κ3) is 8.04. The molecular weight excluding hydrogens is 542 g/mol. The predicted octanol–water partition coefficient (Wildman–Crippen LogP) is 4.47. The van der Waals surface area contributed by atoms with Crippen molar-refractivity contribution in [3.05, 3.63) is 63.9 Å². The van der Waals surface area contributed by atoms with Crippen molar-refractivity contribution in [3.8, 4) is 0 Å². The van der Waals surface area contributed by atoms with E-state index in [1.807, 2.05) is 20.8 Å². The van der Waals surface area contributed by atoms with Crippen molar-refractivity contribution in [2.24, 2.45) is 0 Å². The Morgan fingerprint density at radius 1 is 1.05 bits per heavy atom. The van der Waals surface area contributed by atoms with Gasteiger partial charge in [-0.25, -0.2) is 8.70 Å². The lowest BCUT2D eigenvalue weighted by molar-refractivity contribution is -0.141. The smallest absolute Gasteiger partial charge is 0.304 e. The molecule has 0 spiro atoms. The SMILES string of the molecule is CCC(C(=O)NC(C)(C)C)N(Cc1ccc(Cl)c(Cl)c1)C(=O)CN(c1ccccc1F)S(=O)(=O)N(C)C. The van der Waals surface area contributed by atoms with Crippen LogP contribution in [0.2, 0.25) is 10.0 Å². The minimum absolute atomic E-state index is 0.0566. The first-order valence-electron chi connectivity index (χ1n) is 11.6. The largest absolute Gasteiger partial charge is 0.350 e. The van der Waals surface area contributed by atoms with Crippen LogP contribution in [0.3, 0.4) is 0 Å². The van der Waals surface area contributed by atoms with E-state index in [1.54, 1.807) is 25.1 Å². The molecule has 2 amide bonds. The number of hydrogen-bond acceptors (Lipinski definition) is 4. The Balaban J connectivity index is 2.56. The summed E-state index contributed by atoms with van der Waals surface area (Å²) >= 11 is 12.2. The molecule has 0 radical (unpaired) electrons. The number of carbonyl (C=O) groups is 2. The predicted molar refractivity (Wildman–Crippen MR) is 145 cm³/mol. The summed E-state index contributed by atoms with van der Waals surface area (Å²) in [6, 6.07) is 9.14. The Kier molecular flexibility index (Phi) is 10.4. The second-order valence-corrected chi connectivity index (χ2v) is 12.6. The lowest BCUT2D eigenvalue weighted by Gasteiger charge is -2.35. The number of anilines is 1. The lowest BCUT2D eigenvalue weighted by Crippen LogP contribution is -2.55. The molecule has 0 saturated carbocycles. The van der Waals surface area contributed by atoms with Crippen LogP contribution in [-0.4, -0.2) is 61.7 Å². The summed E-state index contributed by atoms with van der Waals surface area (Å²) in [6.07, 6.45) is 0.245. The number of amides is 2. The number of hydrogen-bond donors (Lipinski definition) is 1. The van der Waals surface area contributed by atoms with Crippen molar-refractivity contribution in [2.45, 2.75) is 52.2 Å². The van der Waals surface area contributed by atoms with Crippen LogP contribution >= 0.6 is 23.2 Å². The molecular formula is C25H33Cl2FN4O4S. The quantitative estimate of drug-likeness (QED) is 0.453. The summed E-state index contributed by atoms with van der Waals surface area (Å²) in [6.45, 7) is 6.39. The van der Waals surface area contributed by atoms with Gasteiger partial charge in [-0.1, -0.05) is 48.3 Å². The van der Waals surface area contributed by atoms with E-state index in [9.17, 15) is 22.4 Å². The summed E-state index contributed by atoms with van der Waals surface area (Å²) in [7, 11) is -1.70. The molecule has 8 nitrogen and oxygen atoms in total. The van der Waals surface area contributed by atoms with Gasteiger partial charge in [0.25, 0.3) is 0 Å². The molecule has 0 bridgehead atoms. The van der Waals surface area contributed by atoms with Gasteiger partial charge in [0.2, 0.25) is 11.8 Å². The number of benzene rings is 2. The first-order chi connectivity index (χ1) is 17.1. The minimum atomic E-state index is -4.27. The third-order valence-electron chi connectivity index (χ3n) is 5.36. The van der Waals surface area contributed by atoms with Crippen molar-refractivity contribution in [2.75, 3.05) is 24.9 Å². The van der Waals surface area contributed by atoms with Gasteiger partial charge in [0.05, 0.1) is 15.7 Å². The van der Waals surface area contributed by atoms with Crippen LogP contribution in [-0.2, 0) is 26.3 Å². The number of nitrogens with one attached hydrogen (secondary N) is 1. The zero-order chi connectivity index (χ0) is 28.1. The van der Waals surface area contributed by atoms with Crippen LogP contribution in [0, 0.1) is 5.82 Å². The number of carbonyl (C=O) groups excluding carboxylic acids is 2. The molecule has 37 heavy (non-hydrogen) atoms. The first-order valence-corrected chi connectivity index (χ1v) is 13.7. The molecule has 0 aliphatic rings. The molecule has 0 saturated heterocycles. The van der Waals surface area contributed by atoms with Crippen LogP contribution in [0.5, 0.6) is 0 Å². The average molecular weight is 576 g/mol. The van der Waals surface area contributed by atoms with Gasteiger partial charge in [-0.3, -0.25) is 9.59 Å². The summed E-state index contributed by atoms with van der Waals surface area (Å²) in [5, 5.41) is 3.46. The highest BCUT2D eigenvalue weighted by Crippen LogP contribution is 2.26. The topological polar surface area (TPSA) is 90.0 Å². The van der Waals surface area contributed by atoms with Crippen LogP contribution in [0.25, 0.3) is 0 Å². The number of nitrogens with zero attached hydrogens (tertiary/aromatic N) is 3. The molecule has 0 aliphatic carbocycles. The molecule has 1 atom stereocenters. The van der Waals surface area contributed by atoms with Crippen molar-refractivity contribution in [3.63, 3.8) is 0 Å². The fraction of sp³-hybridized carbons (Fsp3) is 0.440. The first kappa shape index (κ1) is 30.8. The average Bonchev–Trinajstić information content (AvgIpc) is 2.78. The highest BCUT2D eigenvalue weighted by Gasteiger charge is 2.35. The van der Waals surface area contributed by atoms with Gasteiger partial charge in [-0.2, -0.15) is 12.7 Å². The fourth-order valence-corrected chi connectivity index (χ4v) is 4.95. The second-order valence-electron chi connectivity index (χ2n) is 9.68. The van der Waals surface area contributed by atoms with E-state index in [1.165, 1.54) is 37.2 Å². The zero-order valence-electron chi connectivity index (χ0n) is 21.8. The molecule has 1 N–H and O–H groups in total. The van der Waals surface area contributed by atoms with Crippen molar-refractivity contribution in [1.29, 1.82) is 0 Å². The number of rotatable bonds is 10. The maximum atomic E-state index is 14.7. The Hall–Kier alpha value is -2.40. The molecule has 204 valence electrons. The molecule has 0 fully saturated rings. The van der Waals surface area contributed by atoms with E-state index in [2.05, 4.69) is 5.32 Å². The van der Waals surface area contributed by atoms with Gasteiger partial charge in [0.15, 0.2) is 0 Å². The highest BCUT2D eigenvalue weighted by molar-refractivity contribution is 7.90. The zero-order valence-corrected chi connectivity index (χ0v) is 24.1. The normalized spacial score (nSPS) is 12.8. The second kappa shape index (κ2) is 12.4. The Morgan fingerprint density at radius 2 is 1.68 bits per heavy atom. The van der Waals surface area contributed by atoms with Gasteiger partial charge < -0.3 is 10.2 Å². The van der Waals surface area contributed by atoms with Crippen molar-refractivity contribution in [1.82, 2.24) is 14.5 Å². The Morgan fingerprint density at radius 3 is 2.19 bits per heavy atom. The van der Waals surface area contributed by atoms with E-state index in [0.29, 0.717) is 14.9 Å². The van der Waals surface area contributed by atoms with Crippen molar-refractivity contribution < 1.29 is 22.4 Å². The molecule has 2 aromatic rings. The highest BCUT2D eigenvalue weighted by atomic mass is 35.5. The lowest BCUT2D eigenvalue weighted by atomic mass is 10.1. The van der Waals surface area contributed by atoms with Gasteiger partial charge in [0.1, 0.15) is 18.4 Å². The minimum Gasteiger partial charge on any atom is -0.350 e. The maximum absolute atomic E-state index is 14.7. The van der Waals surface area contributed by atoms with E-state index < -0.39 is 46.0 Å². The summed E-state index contributed by atoms with van der Waals surface area (Å²) in [4.78, 5) is 28.3. The third-order valence-corrected chi connectivity index (χ3v) is 7.91. The molecule has 2 rings (SSSR count). The fourth-order valence-electron chi connectivity index (χ4n) is 3.56. The Bertz CT molecular complexity index is 1240. The number of para-hydroxylation sites is 1. The van der Waals surface area contributed by atoms with Crippen LogP contribution < -0.4 is 9.62 Å². The van der Waals surface area contributed by atoms with Crippen LogP contribution in [0.1, 0.15) is 39.7 Å². The molecule has 0 heterocycles. The molecule has 2 aromatic carbocycles. The summed E-state index contributed by atoms with van der Waals surface area (Å²) in [5.74, 6) is -1.92. The van der Waals surface area contributed by atoms with Crippen molar-refractivity contribution >= 4 is 50.9 Å². The standard InChI is InChI=1S/C25H33Cl2FN4O4S/c1-7-21(24(34)29-25(2,3)4)31(15-17-12-13-18(26)19(27)14-17)23(33)16-32(37(35,36)30(5)6)22-11-9-8-10-20(22)28/h8-14,21H,7,15-16H2,1-6H3,(H,29,34). The van der Waals surface area contributed by atoms with E-state index in [0.717, 1.165) is 10.4 Å². The molecule has 0 aliphatic heterocycles. The van der Waals surface area contributed by atoms with Crippen LogP contribution in [0.15, 0.2) is 42.5 Å². The monoisotopic (exact) mass is 574 g/mol. The number of halogens is 3. The van der Waals surface area contributed by atoms with E-state index >= 15 is 0 Å². The Labute approximate surface area is 228 Å². The molecule has 1 unspecified atom stereocenters. The van der Waals surface area contributed by atoms with Gasteiger partial charge in [0, 0.05) is 26.2 Å². The summed E-state index contributed by atoms with van der Waals surface area (Å²) in [5.41, 5.74) is -0.278. The molecule has 0 aromatic heterocycles. The van der Waals surface area contributed by atoms with E-state index in [4.69, 9.17) is 23.2 Å². The maximum Gasteiger partial charge on any atom is 0.304 e. The van der Waals surface area contributed by atoms with Gasteiger partial charge in [-0.15, -0.1) is 0 Å². The summed E-state index contributed by atoms with van der Waals surface area (Å²) < 4.78 is 42.6. The van der Waals surface area contributed by atoms with E-state index in [-0.39, 0.29) is 23.7 Å². The molecule has 12 heteroatoms. The van der Waals surface area contributed by atoms with Gasteiger partial charge in [-0.05, 0) is 57.0 Å².